The highest BCUT2D eigenvalue weighted by Gasteiger charge is 2.29. The average molecular weight is 186 g/mol. The summed E-state index contributed by atoms with van der Waals surface area (Å²) in [6.07, 6.45) is 3.30. The summed E-state index contributed by atoms with van der Waals surface area (Å²) in [5, 5.41) is 8.54. The van der Waals surface area contributed by atoms with Gasteiger partial charge in [-0.05, 0) is 24.7 Å². The fraction of sp³-hybridized carbons (Fsp3) is 0.900. The summed E-state index contributed by atoms with van der Waals surface area (Å²) in [6.45, 7) is 3.79. The van der Waals surface area contributed by atoms with Crippen LogP contribution < -0.4 is 0 Å². The molecule has 0 aromatic heterocycles. The second kappa shape index (κ2) is 4.61. The smallest absolute Gasteiger partial charge is 0.332 e. The third-order valence-electron chi connectivity index (χ3n) is 3.04. The number of hydrogen-bond donors (Lipinski definition) is 1. The first-order valence-corrected chi connectivity index (χ1v) is 4.95. The maximum Gasteiger partial charge on any atom is 0.332 e. The second-order valence-electron chi connectivity index (χ2n) is 3.95. The van der Waals surface area contributed by atoms with Gasteiger partial charge in [0.2, 0.25) is 0 Å². The Balaban J connectivity index is 2.43. The molecule has 1 rings (SSSR count). The van der Waals surface area contributed by atoms with E-state index < -0.39 is 12.6 Å². The lowest BCUT2D eigenvalue weighted by molar-refractivity contribution is -0.157. The Morgan fingerprint density at radius 1 is 1.46 bits per heavy atom. The molecule has 3 heteroatoms. The number of carbonyl (C=O) groups excluding carboxylic acids is 1. The van der Waals surface area contributed by atoms with Crippen LogP contribution in [0.4, 0.5) is 0 Å². The average Bonchev–Trinajstić information content (AvgIpc) is 2.13. The van der Waals surface area contributed by atoms with Crippen molar-refractivity contribution in [2.45, 2.75) is 39.2 Å². The summed E-state index contributed by atoms with van der Waals surface area (Å²) >= 11 is 0. The molecule has 3 unspecified atom stereocenters. The maximum absolute atomic E-state index is 10.9. The highest BCUT2D eigenvalue weighted by Crippen LogP contribution is 2.31. The van der Waals surface area contributed by atoms with E-state index in [9.17, 15) is 4.79 Å². The van der Waals surface area contributed by atoms with Crippen molar-refractivity contribution >= 4 is 5.97 Å². The number of rotatable bonds is 2. The fourth-order valence-corrected chi connectivity index (χ4v) is 1.91. The van der Waals surface area contributed by atoms with E-state index in [0.717, 1.165) is 12.8 Å². The Morgan fingerprint density at radius 2 is 2.15 bits per heavy atom. The zero-order chi connectivity index (χ0) is 9.84. The molecule has 0 aromatic carbocycles. The molecule has 0 amide bonds. The van der Waals surface area contributed by atoms with Crippen molar-refractivity contribution in [3.63, 3.8) is 0 Å². The quantitative estimate of drug-likeness (QED) is 0.662. The molecule has 0 aromatic rings. The normalized spacial score (nSPS) is 34.2. The van der Waals surface area contributed by atoms with Crippen LogP contribution >= 0.6 is 0 Å². The van der Waals surface area contributed by atoms with Crippen LogP contribution in [0.25, 0.3) is 0 Å². The van der Waals surface area contributed by atoms with E-state index >= 15 is 0 Å². The number of aliphatic hydroxyl groups is 1. The van der Waals surface area contributed by atoms with Gasteiger partial charge in [-0.2, -0.15) is 0 Å². The van der Waals surface area contributed by atoms with Gasteiger partial charge in [0.15, 0.2) is 0 Å². The van der Waals surface area contributed by atoms with Crippen molar-refractivity contribution in [3.8, 4) is 0 Å². The third kappa shape index (κ3) is 2.69. The van der Waals surface area contributed by atoms with Gasteiger partial charge in [0.25, 0.3) is 0 Å². The molecule has 1 aliphatic rings. The van der Waals surface area contributed by atoms with E-state index in [0.29, 0.717) is 11.8 Å². The van der Waals surface area contributed by atoms with E-state index in [-0.39, 0.29) is 6.10 Å². The van der Waals surface area contributed by atoms with Crippen LogP contribution in [0.3, 0.4) is 0 Å². The molecule has 1 aliphatic carbocycles. The van der Waals surface area contributed by atoms with Crippen LogP contribution in [0.2, 0.25) is 0 Å². The predicted molar refractivity (Wildman–Crippen MR) is 49.1 cm³/mol. The summed E-state index contributed by atoms with van der Waals surface area (Å²) in [5.41, 5.74) is 0. The summed E-state index contributed by atoms with van der Waals surface area (Å²) < 4.78 is 5.13. The second-order valence-corrected chi connectivity index (χ2v) is 3.95. The molecule has 1 saturated carbocycles. The zero-order valence-corrected chi connectivity index (χ0v) is 8.32. The fourth-order valence-electron chi connectivity index (χ4n) is 1.91. The van der Waals surface area contributed by atoms with Gasteiger partial charge in [0.1, 0.15) is 12.7 Å². The highest BCUT2D eigenvalue weighted by molar-refractivity contribution is 5.70. The molecule has 0 bridgehead atoms. The Labute approximate surface area is 79.1 Å². The molecular formula is C10H18O3. The summed E-state index contributed by atoms with van der Waals surface area (Å²) in [5.74, 6) is 0.542. The van der Waals surface area contributed by atoms with Crippen LogP contribution in [-0.4, -0.2) is 23.8 Å². The number of aliphatic hydroxyl groups excluding tert-OH is 1. The van der Waals surface area contributed by atoms with Gasteiger partial charge in [0, 0.05) is 0 Å². The molecule has 0 saturated heterocycles. The van der Waals surface area contributed by atoms with E-state index in [4.69, 9.17) is 9.84 Å². The summed E-state index contributed by atoms with van der Waals surface area (Å²) in [4.78, 5) is 10.9. The van der Waals surface area contributed by atoms with Gasteiger partial charge in [-0.3, -0.25) is 0 Å². The number of carbonyl (C=O) groups is 1. The van der Waals surface area contributed by atoms with Crippen molar-refractivity contribution in [1.82, 2.24) is 0 Å². The minimum atomic E-state index is -0.502. The molecular weight excluding hydrogens is 168 g/mol. The zero-order valence-electron chi connectivity index (χ0n) is 8.32. The standard InChI is InChI=1S/C10H18O3/c1-7-4-3-5-9(8(7)2)13-10(12)6-11/h7-9,11H,3-6H2,1-2H3. The molecule has 0 heterocycles. The first-order valence-electron chi connectivity index (χ1n) is 4.95. The van der Waals surface area contributed by atoms with Crippen molar-refractivity contribution in [3.05, 3.63) is 0 Å². The van der Waals surface area contributed by atoms with Crippen molar-refractivity contribution < 1.29 is 14.6 Å². The topological polar surface area (TPSA) is 46.5 Å². The SMILES string of the molecule is CC1CCCC(OC(=O)CO)C1C. The van der Waals surface area contributed by atoms with Gasteiger partial charge in [-0.1, -0.05) is 20.3 Å². The van der Waals surface area contributed by atoms with Crippen LogP contribution in [-0.2, 0) is 9.53 Å². The Bertz CT molecular complexity index is 179. The lowest BCUT2D eigenvalue weighted by Gasteiger charge is -2.33. The van der Waals surface area contributed by atoms with Gasteiger partial charge in [-0.25, -0.2) is 4.79 Å². The lowest BCUT2D eigenvalue weighted by Crippen LogP contribution is -2.33. The van der Waals surface area contributed by atoms with E-state index in [2.05, 4.69) is 13.8 Å². The van der Waals surface area contributed by atoms with E-state index in [1.54, 1.807) is 0 Å². The van der Waals surface area contributed by atoms with Crippen LogP contribution in [0, 0.1) is 11.8 Å². The first kappa shape index (κ1) is 10.5. The Morgan fingerprint density at radius 3 is 2.77 bits per heavy atom. The predicted octanol–water partition coefficient (Wildman–Crippen LogP) is 1.35. The molecule has 3 atom stereocenters. The molecule has 0 aliphatic heterocycles. The first-order chi connectivity index (χ1) is 6.15. The van der Waals surface area contributed by atoms with Gasteiger partial charge < -0.3 is 9.84 Å². The Hall–Kier alpha value is -0.570. The highest BCUT2D eigenvalue weighted by atomic mass is 16.6. The number of hydrogen-bond acceptors (Lipinski definition) is 3. The van der Waals surface area contributed by atoms with Crippen LogP contribution in [0.1, 0.15) is 33.1 Å². The van der Waals surface area contributed by atoms with E-state index in [1.165, 1.54) is 6.42 Å². The maximum atomic E-state index is 10.9. The Kier molecular flexibility index (Phi) is 3.72. The summed E-state index contributed by atoms with van der Waals surface area (Å²) in [7, 11) is 0. The minimum absolute atomic E-state index is 0.0170. The third-order valence-corrected chi connectivity index (χ3v) is 3.04. The molecule has 0 radical (unpaired) electrons. The van der Waals surface area contributed by atoms with E-state index in [1.807, 2.05) is 0 Å². The van der Waals surface area contributed by atoms with Gasteiger partial charge in [-0.15, -0.1) is 0 Å². The van der Waals surface area contributed by atoms with Crippen molar-refractivity contribution in [1.29, 1.82) is 0 Å². The lowest BCUT2D eigenvalue weighted by atomic mass is 9.79. The minimum Gasteiger partial charge on any atom is -0.460 e. The number of ether oxygens (including phenoxy) is 1. The van der Waals surface area contributed by atoms with Gasteiger partial charge >= 0.3 is 5.97 Å². The van der Waals surface area contributed by atoms with Crippen molar-refractivity contribution in [2.24, 2.45) is 11.8 Å². The van der Waals surface area contributed by atoms with Crippen molar-refractivity contribution in [2.75, 3.05) is 6.61 Å². The summed E-state index contributed by atoms with van der Waals surface area (Å²) in [6, 6.07) is 0. The molecule has 3 nitrogen and oxygen atoms in total. The van der Waals surface area contributed by atoms with Crippen LogP contribution in [0.5, 0.6) is 0 Å². The molecule has 1 fully saturated rings. The molecule has 1 N–H and O–H groups in total. The molecule has 76 valence electrons. The number of esters is 1. The largest absolute Gasteiger partial charge is 0.460 e. The monoisotopic (exact) mass is 186 g/mol. The molecule has 0 spiro atoms. The van der Waals surface area contributed by atoms with Crippen LogP contribution in [0.15, 0.2) is 0 Å². The molecule has 13 heavy (non-hydrogen) atoms. The van der Waals surface area contributed by atoms with Gasteiger partial charge in [0.05, 0.1) is 0 Å².